The fraction of sp³-hybridized carbons (Fsp3) is 0.733. The second-order valence-corrected chi connectivity index (χ2v) is 5.82. The molecule has 1 aliphatic carbocycles. The Balaban J connectivity index is 1.87. The number of nitrogens with zero attached hydrogens (tertiary/aromatic N) is 3. The number of rotatable bonds is 3. The number of hydrogen-bond donors (Lipinski definition) is 1. The molecule has 2 heterocycles. The van der Waals surface area contributed by atoms with Crippen LogP contribution in [0.25, 0.3) is 0 Å². The van der Waals surface area contributed by atoms with Crippen LogP contribution in [0.1, 0.15) is 44.7 Å². The molecule has 1 N–H and O–H groups in total. The van der Waals surface area contributed by atoms with Crippen LogP contribution in [0.3, 0.4) is 0 Å². The molecule has 1 saturated heterocycles. The number of nitrogens with one attached hydrogen (secondary N) is 1. The van der Waals surface area contributed by atoms with Crippen LogP contribution in [0, 0.1) is 12.8 Å². The Labute approximate surface area is 115 Å². The Bertz CT molecular complexity index is 446. The fourth-order valence-corrected chi connectivity index (χ4v) is 3.67. The first-order chi connectivity index (χ1) is 9.28. The Hall–Kier alpha value is -1.32. The lowest BCUT2D eigenvalue weighted by molar-refractivity contribution is 0.360. The minimum Gasteiger partial charge on any atom is -0.354 e. The van der Waals surface area contributed by atoms with Gasteiger partial charge in [-0.2, -0.15) is 4.98 Å². The van der Waals surface area contributed by atoms with Crippen molar-refractivity contribution < 1.29 is 0 Å². The lowest BCUT2D eigenvalue weighted by atomic mass is 9.92. The highest BCUT2D eigenvalue weighted by atomic mass is 15.3. The molecule has 0 spiro atoms. The summed E-state index contributed by atoms with van der Waals surface area (Å²) < 4.78 is 0. The van der Waals surface area contributed by atoms with E-state index in [1.165, 1.54) is 32.1 Å². The number of aryl methyl sites for hydroxylation is 1. The van der Waals surface area contributed by atoms with Crippen LogP contribution in [0.15, 0.2) is 6.07 Å². The maximum Gasteiger partial charge on any atom is 0.224 e. The molecule has 1 saturated carbocycles. The number of anilines is 2. The molecular formula is C15H24N4. The van der Waals surface area contributed by atoms with Crippen LogP contribution in [-0.2, 0) is 0 Å². The Kier molecular flexibility index (Phi) is 3.58. The normalized spacial score (nSPS) is 26.3. The molecule has 0 amide bonds. The van der Waals surface area contributed by atoms with Gasteiger partial charge < -0.3 is 10.2 Å². The van der Waals surface area contributed by atoms with Gasteiger partial charge in [0.15, 0.2) is 0 Å². The van der Waals surface area contributed by atoms with Crippen molar-refractivity contribution in [3.05, 3.63) is 11.8 Å². The molecule has 4 nitrogen and oxygen atoms in total. The zero-order valence-corrected chi connectivity index (χ0v) is 12.0. The number of piperidine rings is 1. The SMILES string of the molecule is CCNc1nc(C)cc(N2CCCC3CCCC32)n1. The van der Waals surface area contributed by atoms with Gasteiger partial charge in [0.1, 0.15) is 5.82 Å². The quantitative estimate of drug-likeness (QED) is 0.907. The van der Waals surface area contributed by atoms with E-state index in [-0.39, 0.29) is 0 Å². The molecule has 2 aliphatic rings. The number of hydrogen-bond acceptors (Lipinski definition) is 4. The van der Waals surface area contributed by atoms with Crippen molar-refractivity contribution in [2.24, 2.45) is 5.92 Å². The maximum atomic E-state index is 4.71. The number of aromatic nitrogens is 2. The number of fused-ring (bicyclic) bond motifs is 1. The summed E-state index contributed by atoms with van der Waals surface area (Å²) in [5.41, 5.74) is 1.06. The van der Waals surface area contributed by atoms with E-state index in [0.29, 0.717) is 0 Å². The highest BCUT2D eigenvalue weighted by Crippen LogP contribution is 2.38. The van der Waals surface area contributed by atoms with Crippen LogP contribution in [0.2, 0.25) is 0 Å². The average molecular weight is 260 g/mol. The summed E-state index contributed by atoms with van der Waals surface area (Å²) >= 11 is 0. The molecule has 2 atom stereocenters. The van der Waals surface area contributed by atoms with Crippen molar-refractivity contribution in [3.8, 4) is 0 Å². The first-order valence-electron chi connectivity index (χ1n) is 7.64. The van der Waals surface area contributed by atoms with E-state index in [0.717, 1.165) is 42.5 Å². The summed E-state index contributed by atoms with van der Waals surface area (Å²) in [7, 11) is 0. The first kappa shape index (κ1) is 12.7. The third kappa shape index (κ3) is 2.53. The van der Waals surface area contributed by atoms with Crippen molar-refractivity contribution in [2.75, 3.05) is 23.3 Å². The lowest BCUT2D eigenvalue weighted by Gasteiger charge is -2.38. The highest BCUT2D eigenvalue weighted by molar-refractivity contribution is 5.46. The van der Waals surface area contributed by atoms with E-state index in [1.807, 2.05) is 0 Å². The van der Waals surface area contributed by atoms with Gasteiger partial charge in [-0.3, -0.25) is 0 Å². The van der Waals surface area contributed by atoms with Crippen molar-refractivity contribution >= 4 is 11.8 Å². The van der Waals surface area contributed by atoms with Gasteiger partial charge >= 0.3 is 0 Å². The molecule has 104 valence electrons. The van der Waals surface area contributed by atoms with Gasteiger partial charge in [-0.1, -0.05) is 6.42 Å². The van der Waals surface area contributed by atoms with Crippen molar-refractivity contribution in [2.45, 2.75) is 52.0 Å². The predicted octanol–water partition coefficient (Wildman–Crippen LogP) is 2.99. The molecule has 2 fully saturated rings. The monoisotopic (exact) mass is 260 g/mol. The molecule has 4 heteroatoms. The molecule has 3 rings (SSSR count). The summed E-state index contributed by atoms with van der Waals surface area (Å²) in [4.78, 5) is 11.7. The van der Waals surface area contributed by atoms with Crippen LogP contribution < -0.4 is 10.2 Å². The molecule has 0 aromatic carbocycles. The molecule has 0 radical (unpaired) electrons. The van der Waals surface area contributed by atoms with Gasteiger partial charge in [0, 0.05) is 30.9 Å². The Morgan fingerprint density at radius 2 is 2.11 bits per heavy atom. The van der Waals surface area contributed by atoms with Crippen LogP contribution in [0.5, 0.6) is 0 Å². The standard InChI is InChI=1S/C15H24N4/c1-3-16-15-17-11(2)10-14(18-15)19-9-5-7-12-6-4-8-13(12)19/h10,12-13H,3-9H2,1-2H3,(H,16,17,18). The van der Waals surface area contributed by atoms with E-state index in [4.69, 9.17) is 4.98 Å². The lowest BCUT2D eigenvalue weighted by Crippen LogP contribution is -2.43. The summed E-state index contributed by atoms with van der Waals surface area (Å²) in [6, 6.07) is 2.86. The molecule has 2 unspecified atom stereocenters. The molecular weight excluding hydrogens is 236 g/mol. The van der Waals surface area contributed by atoms with E-state index in [2.05, 4.69) is 35.1 Å². The largest absolute Gasteiger partial charge is 0.354 e. The fourth-order valence-electron chi connectivity index (χ4n) is 3.67. The zero-order chi connectivity index (χ0) is 13.2. The summed E-state index contributed by atoms with van der Waals surface area (Å²) in [5.74, 6) is 2.80. The smallest absolute Gasteiger partial charge is 0.224 e. The summed E-state index contributed by atoms with van der Waals surface area (Å²) in [6.45, 7) is 6.17. The van der Waals surface area contributed by atoms with Gasteiger partial charge in [0.25, 0.3) is 0 Å². The van der Waals surface area contributed by atoms with Crippen molar-refractivity contribution in [3.63, 3.8) is 0 Å². The van der Waals surface area contributed by atoms with E-state index < -0.39 is 0 Å². The van der Waals surface area contributed by atoms with Gasteiger partial charge in [-0.25, -0.2) is 4.98 Å². The summed E-state index contributed by atoms with van der Waals surface area (Å²) in [6.07, 6.45) is 6.84. The van der Waals surface area contributed by atoms with Gasteiger partial charge in [-0.05, 0) is 45.4 Å². The average Bonchev–Trinajstić information content (AvgIpc) is 2.86. The van der Waals surface area contributed by atoms with Gasteiger partial charge in [-0.15, -0.1) is 0 Å². The second kappa shape index (κ2) is 5.35. The summed E-state index contributed by atoms with van der Waals surface area (Å²) in [5, 5.41) is 3.24. The van der Waals surface area contributed by atoms with E-state index in [1.54, 1.807) is 0 Å². The van der Waals surface area contributed by atoms with Crippen LogP contribution in [-0.4, -0.2) is 29.1 Å². The molecule has 1 aromatic heterocycles. The minimum atomic E-state index is 0.720. The first-order valence-corrected chi connectivity index (χ1v) is 7.64. The van der Waals surface area contributed by atoms with Crippen LogP contribution >= 0.6 is 0 Å². The molecule has 19 heavy (non-hydrogen) atoms. The van der Waals surface area contributed by atoms with E-state index >= 15 is 0 Å². The van der Waals surface area contributed by atoms with Gasteiger partial charge in [0.2, 0.25) is 5.95 Å². The molecule has 1 aromatic rings. The predicted molar refractivity (Wildman–Crippen MR) is 78.6 cm³/mol. The third-order valence-electron chi connectivity index (χ3n) is 4.46. The van der Waals surface area contributed by atoms with Crippen LogP contribution in [0.4, 0.5) is 11.8 Å². The minimum absolute atomic E-state index is 0.720. The maximum absolute atomic E-state index is 4.71. The van der Waals surface area contributed by atoms with Crippen molar-refractivity contribution in [1.29, 1.82) is 0 Å². The van der Waals surface area contributed by atoms with Crippen molar-refractivity contribution in [1.82, 2.24) is 9.97 Å². The topological polar surface area (TPSA) is 41.1 Å². The molecule has 0 bridgehead atoms. The zero-order valence-electron chi connectivity index (χ0n) is 12.0. The van der Waals surface area contributed by atoms with E-state index in [9.17, 15) is 0 Å². The Morgan fingerprint density at radius 3 is 2.95 bits per heavy atom. The second-order valence-electron chi connectivity index (χ2n) is 5.82. The van der Waals surface area contributed by atoms with Gasteiger partial charge in [0.05, 0.1) is 0 Å². The third-order valence-corrected chi connectivity index (χ3v) is 4.46. The molecule has 1 aliphatic heterocycles. The Morgan fingerprint density at radius 1 is 1.26 bits per heavy atom. The highest BCUT2D eigenvalue weighted by Gasteiger charge is 2.35.